The van der Waals surface area contributed by atoms with Crippen LogP contribution in [0.4, 0.5) is 5.00 Å². The first-order chi connectivity index (χ1) is 17.6. The molecule has 192 valence electrons. The third-order valence-electron chi connectivity index (χ3n) is 6.35. The minimum atomic E-state index is -0.362. The Labute approximate surface area is 217 Å². The number of fused-ring (bicyclic) bond motifs is 1. The van der Waals surface area contributed by atoms with Crippen molar-refractivity contribution in [3.8, 4) is 11.6 Å². The molecule has 0 aromatic carbocycles. The van der Waals surface area contributed by atoms with Crippen LogP contribution in [0.1, 0.15) is 59.8 Å². The zero-order chi connectivity index (χ0) is 24.9. The summed E-state index contributed by atoms with van der Waals surface area (Å²) >= 11 is 2.81. The van der Waals surface area contributed by atoms with E-state index in [0.29, 0.717) is 40.5 Å². The number of amides is 1. The average Bonchev–Trinajstić information content (AvgIpc) is 3.66. The Morgan fingerprint density at radius 3 is 2.92 bits per heavy atom. The molecule has 1 amide bonds. The summed E-state index contributed by atoms with van der Waals surface area (Å²) in [4.78, 5) is 27.0. The molecule has 9 nitrogen and oxygen atoms in total. The third kappa shape index (κ3) is 5.52. The van der Waals surface area contributed by atoms with Crippen LogP contribution in [0.15, 0.2) is 28.0 Å². The minimum Gasteiger partial charge on any atom is -0.462 e. The molecule has 2 aliphatic rings. The summed E-state index contributed by atoms with van der Waals surface area (Å²) in [5.41, 5.74) is 1.57. The van der Waals surface area contributed by atoms with E-state index < -0.39 is 0 Å². The van der Waals surface area contributed by atoms with E-state index in [1.165, 1.54) is 28.0 Å². The molecule has 3 aromatic heterocycles. The van der Waals surface area contributed by atoms with Gasteiger partial charge in [0.2, 0.25) is 11.7 Å². The molecule has 0 spiro atoms. The zero-order valence-corrected chi connectivity index (χ0v) is 21.9. The molecule has 11 heteroatoms. The summed E-state index contributed by atoms with van der Waals surface area (Å²) < 4.78 is 18.7. The second-order valence-corrected chi connectivity index (χ2v) is 10.9. The van der Waals surface area contributed by atoms with Gasteiger partial charge in [0.1, 0.15) is 5.00 Å². The van der Waals surface area contributed by atoms with Crippen molar-refractivity contribution in [2.45, 2.75) is 69.7 Å². The van der Waals surface area contributed by atoms with Gasteiger partial charge in [-0.1, -0.05) is 18.2 Å². The number of ether oxygens (including phenoxy) is 2. The number of esters is 1. The molecule has 5 rings (SSSR count). The maximum Gasteiger partial charge on any atom is 0.341 e. The smallest absolute Gasteiger partial charge is 0.341 e. The van der Waals surface area contributed by atoms with Crippen LogP contribution in [-0.2, 0) is 33.7 Å². The molecule has 1 N–H and O–H groups in total. The number of aryl methyl sites for hydroxylation is 1. The first-order valence-electron chi connectivity index (χ1n) is 12.5. The van der Waals surface area contributed by atoms with E-state index in [4.69, 9.17) is 13.9 Å². The van der Waals surface area contributed by atoms with Gasteiger partial charge in [-0.25, -0.2) is 4.79 Å². The molecule has 36 heavy (non-hydrogen) atoms. The van der Waals surface area contributed by atoms with Gasteiger partial charge in [-0.3, -0.25) is 9.36 Å². The van der Waals surface area contributed by atoms with Gasteiger partial charge in [0.15, 0.2) is 10.9 Å². The molecule has 1 saturated heterocycles. The number of thioether (sulfide) groups is 1. The Morgan fingerprint density at radius 2 is 2.14 bits per heavy atom. The fraction of sp³-hybridized carbons (Fsp3) is 0.520. The SMILES string of the molecule is CCOC(=O)c1c(NC(=O)CSc2nnc(-c3ccco3)n2CC2CCCO2)sc2c1CCCCC2. The summed E-state index contributed by atoms with van der Waals surface area (Å²) in [6, 6.07) is 3.65. The second kappa shape index (κ2) is 11.6. The summed E-state index contributed by atoms with van der Waals surface area (Å²) in [6.45, 7) is 3.44. The number of nitrogens with one attached hydrogen (secondary N) is 1. The van der Waals surface area contributed by atoms with Crippen LogP contribution in [0.25, 0.3) is 11.6 Å². The Balaban J connectivity index is 1.32. The normalized spacial score (nSPS) is 17.5. The number of nitrogens with zero attached hydrogens (tertiary/aromatic N) is 3. The van der Waals surface area contributed by atoms with Gasteiger partial charge >= 0.3 is 5.97 Å². The van der Waals surface area contributed by atoms with Crippen molar-refractivity contribution in [3.63, 3.8) is 0 Å². The van der Waals surface area contributed by atoms with E-state index >= 15 is 0 Å². The van der Waals surface area contributed by atoms with Crippen molar-refractivity contribution < 1.29 is 23.5 Å². The first kappa shape index (κ1) is 25.0. The number of anilines is 1. The molecule has 1 fully saturated rings. The largest absolute Gasteiger partial charge is 0.462 e. The maximum absolute atomic E-state index is 13.0. The van der Waals surface area contributed by atoms with Gasteiger partial charge in [-0.2, -0.15) is 0 Å². The lowest BCUT2D eigenvalue weighted by Gasteiger charge is -2.14. The summed E-state index contributed by atoms with van der Waals surface area (Å²) in [5, 5.41) is 12.9. The van der Waals surface area contributed by atoms with E-state index in [1.807, 2.05) is 16.7 Å². The maximum atomic E-state index is 13.0. The number of thiophene rings is 1. The van der Waals surface area contributed by atoms with Crippen molar-refractivity contribution in [1.82, 2.24) is 14.8 Å². The van der Waals surface area contributed by atoms with Crippen LogP contribution in [0.5, 0.6) is 0 Å². The van der Waals surface area contributed by atoms with Crippen molar-refractivity contribution in [2.24, 2.45) is 0 Å². The highest BCUT2D eigenvalue weighted by Gasteiger charge is 2.27. The van der Waals surface area contributed by atoms with Crippen LogP contribution in [0, 0.1) is 0 Å². The second-order valence-electron chi connectivity index (χ2n) is 8.86. The molecule has 0 radical (unpaired) electrons. The minimum absolute atomic E-state index is 0.0801. The Kier molecular flexibility index (Phi) is 8.08. The van der Waals surface area contributed by atoms with Gasteiger partial charge in [0.05, 0.1) is 36.8 Å². The molecule has 3 aromatic rings. The monoisotopic (exact) mass is 530 g/mol. The van der Waals surface area contributed by atoms with Crippen molar-refractivity contribution in [1.29, 1.82) is 0 Å². The van der Waals surface area contributed by atoms with Crippen LogP contribution in [0.2, 0.25) is 0 Å². The number of hydrogen-bond acceptors (Lipinski definition) is 9. The highest BCUT2D eigenvalue weighted by atomic mass is 32.2. The number of carbonyl (C=O) groups excluding carboxylic acids is 2. The number of furan rings is 1. The summed E-state index contributed by atoms with van der Waals surface area (Å²) in [6.07, 6.45) is 8.73. The van der Waals surface area contributed by atoms with E-state index in [-0.39, 0.29) is 23.7 Å². The van der Waals surface area contributed by atoms with E-state index in [9.17, 15) is 9.59 Å². The molecule has 1 atom stereocenters. The first-order valence-corrected chi connectivity index (χ1v) is 14.3. The number of aromatic nitrogens is 3. The quantitative estimate of drug-likeness (QED) is 0.235. The van der Waals surface area contributed by atoms with Gasteiger partial charge in [-0.15, -0.1) is 21.5 Å². The Hall–Kier alpha value is -2.63. The molecule has 4 heterocycles. The molecular weight excluding hydrogens is 500 g/mol. The lowest BCUT2D eigenvalue weighted by molar-refractivity contribution is -0.113. The zero-order valence-electron chi connectivity index (χ0n) is 20.3. The highest BCUT2D eigenvalue weighted by Crippen LogP contribution is 2.38. The van der Waals surface area contributed by atoms with Gasteiger partial charge in [0, 0.05) is 11.5 Å². The number of carbonyl (C=O) groups is 2. The predicted molar refractivity (Wildman–Crippen MR) is 138 cm³/mol. The predicted octanol–water partition coefficient (Wildman–Crippen LogP) is 4.96. The van der Waals surface area contributed by atoms with Crippen molar-refractivity contribution >= 4 is 40.0 Å². The Morgan fingerprint density at radius 1 is 1.25 bits per heavy atom. The van der Waals surface area contributed by atoms with Gasteiger partial charge < -0.3 is 19.2 Å². The molecule has 1 aliphatic heterocycles. The highest BCUT2D eigenvalue weighted by molar-refractivity contribution is 7.99. The summed E-state index contributed by atoms with van der Waals surface area (Å²) in [5.74, 6) is 0.806. The summed E-state index contributed by atoms with van der Waals surface area (Å²) in [7, 11) is 0. The fourth-order valence-corrected chi connectivity index (χ4v) is 6.72. The van der Waals surface area contributed by atoms with Gasteiger partial charge in [-0.05, 0) is 63.1 Å². The lowest BCUT2D eigenvalue weighted by atomic mass is 10.1. The van der Waals surface area contributed by atoms with Crippen LogP contribution in [-0.4, -0.2) is 51.7 Å². The fourth-order valence-electron chi connectivity index (χ4n) is 4.68. The molecule has 0 bridgehead atoms. The van der Waals surface area contributed by atoms with Crippen LogP contribution >= 0.6 is 23.1 Å². The number of rotatable bonds is 9. The lowest BCUT2D eigenvalue weighted by Crippen LogP contribution is -2.19. The van der Waals surface area contributed by atoms with Crippen LogP contribution < -0.4 is 5.32 Å². The van der Waals surface area contributed by atoms with Gasteiger partial charge in [0.25, 0.3) is 0 Å². The topological polar surface area (TPSA) is 108 Å². The van der Waals surface area contributed by atoms with Crippen molar-refractivity contribution in [3.05, 3.63) is 34.4 Å². The van der Waals surface area contributed by atoms with E-state index in [1.54, 1.807) is 13.2 Å². The van der Waals surface area contributed by atoms with Crippen molar-refractivity contribution in [2.75, 3.05) is 24.3 Å². The molecule has 0 saturated carbocycles. The van der Waals surface area contributed by atoms with E-state index in [0.717, 1.165) is 57.1 Å². The number of hydrogen-bond donors (Lipinski definition) is 1. The average molecular weight is 531 g/mol. The Bertz CT molecular complexity index is 1200. The standard InChI is InChI=1S/C25H30N4O5S2/c1-2-32-24(31)21-17-9-4-3-5-11-19(17)36-23(21)26-20(30)15-35-25-28-27-22(18-10-7-13-34-18)29(25)14-16-8-6-12-33-16/h7,10,13,16H,2-6,8-9,11-12,14-15H2,1H3,(H,26,30). The molecular formula is C25H30N4O5S2. The third-order valence-corrected chi connectivity index (χ3v) is 8.53. The molecule has 1 aliphatic carbocycles. The van der Waals surface area contributed by atoms with E-state index in [2.05, 4.69) is 15.5 Å². The molecule has 1 unspecified atom stereocenters. The van der Waals surface area contributed by atoms with Crippen LogP contribution in [0.3, 0.4) is 0 Å².